The molecule has 0 saturated carbocycles. The summed E-state index contributed by atoms with van der Waals surface area (Å²) in [5.41, 5.74) is 2.69. The second kappa shape index (κ2) is 8.67. The van der Waals surface area contributed by atoms with Crippen molar-refractivity contribution in [2.75, 3.05) is 0 Å². The van der Waals surface area contributed by atoms with Crippen molar-refractivity contribution < 1.29 is 13.2 Å². The third-order valence-corrected chi connectivity index (χ3v) is 6.72. The Bertz CT molecular complexity index is 1110. The van der Waals surface area contributed by atoms with Crippen LogP contribution >= 0.6 is 24.0 Å². The van der Waals surface area contributed by atoms with Gasteiger partial charge in [0.25, 0.3) is 0 Å². The topological polar surface area (TPSA) is 106 Å². The van der Waals surface area contributed by atoms with E-state index in [1.54, 1.807) is 62.5 Å². The van der Waals surface area contributed by atoms with E-state index < -0.39 is 14.8 Å². The molecule has 0 saturated heterocycles. The zero-order valence-electron chi connectivity index (χ0n) is 15.8. The van der Waals surface area contributed by atoms with Gasteiger partial charge in [-0.15, -0.1) is 12.4 Å². The summed E-state index contributed by atoms with van der Waals surface area (Å²) in [6.45, 7) is 3.34. The Kier molecular flexibility index (Phi) is 6.90. The number of nitrogens with zero attached hydrogens (tertiary/aromatic N) is 1. The van der Waals surface area contributed by atoms with Crippen molar-refractivity contribution in [3.8, 4) is 0 Å². The highest BCUT2D eigenvalue weighted by Gasteiger charge is 2.39. The number of carbonyl (C=O) groups excluding carboxylic acids is 1. The molecule has 0 aliphatic carbocycles. The van der Waals surface area contributed by atoms with Crippen molar-refractivity contribution in [2.24, 2.45) is 5.14 Å². The van der Waals surface area contributed by atoms with E-state index in [1.807, 2.05) is 0 Å². The smallest absolute Gasteiger partial charge is 0.219 e. The summed E-state index contributed by atoms with van der Waals surface area (Å²) in [4.78, 5) is 19.9. The molecular formula is C20H21Cl2N3O3S. The lowest BCUT2D eigenvalue weighted by atomic mass is 9.96. The molecule has 6 nitrogen and oxygen atoms in total. The normalized spacial score (nSPS) is 13.4. The van der Waals surface area contributed by atoms with E-state index in [4.69, 9.17) is 16.7 Å². The number of aromatic nitrogens is 2. The third kappa shape index (κ3) is 4.70. The Morgan fingerprint density at radius 2 is 1.90 bits per heavy atom. The summed E-state index contributed by atoms with van der Waals surface area (Å²) >= 11 is 5.88. The molecule has 3 N–H and O–H groups in total. The number of ketones is 1. The van der Waals surface area contributed by atoms with Gasteiger partial charge in [0, 0.05) is 35.1 Å². The Morgan fingerprint density at radius 1 is 1.24 bits per heavy atom. The van der Waals surface area contributed by atoms with Gasteiger partial charge < -0.3 is 4.98 Å². The zero-order valence-corrected chi connectivity index (χ0v) is 18.2. The monoisotopic (exact) mass is 453 g/mol. The first-order valence-corrected chi connectivity index (χ1v) is 10.5. The van der Waals surface area contributed by atoms with Gasteiger partial charge in [-0.25, -0.2) is 13.6 Å². The van der Waals surface area contributed by atoms with E-state index >= 15 is 0 Å². The number of pyridine rings is 1. The van der Waals surface area contributed by atoms with Crippen LogP contribution in [0.5, 0.6) is 0 Å². The number of aryl methyl sites for hydroxylation is 1. The predicted octanol–water partition coefficient (Wildman–Crippen LogP) is 3.77. The number of aromatic amines is 1. The molecule has 0 aliphatic rings. The molecule has 0 spiro atoms. The van der Waals surface area contributed by atoms with Crippen molar-refractivity contribution in [1.29, 1.82) is 0 Å². The largest absolute Gasteiger partial charge is 0.355 e. The molecule has 9 heteroatoms. The average molecular weight is 454 g/mol. The third-order valence-electron chi connectivity index (χ3n) is 4.83. The fourth-order valence-electron chi connectivity index (χ4n) is 3.11. The average Bonchev–Trinajstić information content (AvgIpc) is 3.01. The molecular weight excluding hydrogens is 433 g/mol. The van der Waals surface area contributed by atoms with Gasteiger partial charge in [0.2, 0.25) is 15.8 Å². The molecule has 0 fully saturated rings. The number of H-pyrrole nitrogens is 1. The van der Waals surface area contributed by atoms with E-state index in [0.717, 1.165) is 5.56 Å². The quantitative estimate of drug-likeness (QED) is 0.553. The van der Waals surface area contributed by atoms with Gasteiger partial charge in [0.05, 0.1) is 5.69 Å². The number of sulfonamides is 1. The molecule has 0 radical (unpaired) electrons. The highest BCUT2D eigenvalue weighted by Crippen LogP contribution is 2.32. The van der Waals surface area contributed by atoms with Crippen LogP contribution in [0.2, 0.25) is 5.02 Å². The molecule has 0 amide bonds. The molecule has 3 aromatic rings. The van der Waals surface area contributed by atoms with Crippen LogP contribution in [0, 0.1) is 6.92 Å². The van der Waals surface area contributed by atoms with E-state index in [9.17, 15) is 13.2 Å². The van der Waals surface area contributed by atoms with Gasteiger partial charge in [-0.3, -0.25) is 9.78 Å². The molecule has 0 aliphatic heterocycles. The Balaban J connectivity index is 0.00000300. The van der Waals surface area contributed by atoms with Crippen molar-refractivity contribution in [2.45, 2.75) is 25.0 Å². The van der Waals surface area contributed by atoms with Crippen LogP contribution in [0.25, 0.3) is 0 Å². The van der Waals surface area contributed by atoms with E-state index in [-0.39, 0.29) is 24.6 Å². The predicted molar refractivity (Wildman–Crippen MR) is 116 cm³/mol. The SMILES string of the molecule is Cc1cc(CC(C)(c2cccnc2)S(N)(=O)=O)[nH]c1C(=O)c1ccc(Cl)cc1.Cl. The minimum atomic E-state index is -3.96. The van der Waals surface area contributed by atoms with Crippen LogP contribution in [0.1, 0.15) is 39.8 Å². The molecule has 0 bridgehead atoms. The van der Waals surface area contributed by atoms with Crippen LogP contribution < -0.4 is 5.14 Å². The summed E-state index contributed by atoms with van der Waals surface area (Å²) in [5, 5.41) is 6.10. The lowest BCUT2D eigenvalue weighted by Crippen LogP contribution is -2.40. The molecule has 3 rings (SSSR count). The van der Waals surface area contributed by atoms with Crippen molar-refractivity contribution in [3.05, 3.63) is 88.0 Å². The van der Waals surface area contributed by atoms with Crippen molar-refractivity contribution in [3.63, 3.8) is 0 Å². The van der Waals surface area contributed by atoms with E-state index in [0.29, 0.717) is 27.5 Å². The second-order valence-electron chi connectivity index (χ2n) is 6.88. The van der Waals surface area contributed by atoms with Gasteiger partial charge in [-0.05, 0) is 61.4 Å². The van der Waals surface area contributed by atoms with Crippen LogP contribution in [0.4, 0.5) is 0 Å². The van der Waals surface area contributed by atoms with Gasteiger partial charge >= 0.3 is 0 Å². The fraction of sp³-hybridized carbons (Fsp3) is 0.200. The molecule has 2 aromatic heterocycles. The highest BCUT2D eigenvalue weighted by molar-refractivity contribution is 7.90. The van der Waals surface area contributed by atoms with E-state index in [1.165, 1.54) is 6.20 Å². The Hall–Kier alpha value is -2.19. The lowest BCUT2D eigenvalue weighted by molar-refractivity contribution is 0.103. The van der Waals surface area contributed by atoms with Crippen LogP contribution in [-0.4, -0.2) is 24.2 Å². The number of nitrogens with one attached hydrogen (secondary N) is 1. The Labute approximate surface area is 181 Å². The summed E-state index contributed by atoms with van der Waals surface area (Å²) in [7, 11) is -3.96. The molecule has 2 heterocycles. The Morgan fingerprint density at radius 3 is 2.45 bits per heavy atom. The molecule has 1 aromatic carbocycles. The van der Waals surface area contributed by atoms with Gasteiger partial charge in [0.15, 0.2) is 0 Å². The first kappa shape index (κ1) is 23.1. The fourth-order valence-corrected chi connectivity index (χ4v) is 4.04. The highest BCUT2D eigenvalue weighted by atomic mass is 35.5. The van der Waals surface area contributed by atoms with Gasteiger partial charge in [-0.2, -0.15) is 0 Å². The molecule has 1 atom stereocenters. The number of benzene rings is 1. The number of primary sulfonamides is 1. The van der Waals surface area contributed by atoms with Crippen LogP contribution in [0.15, 0.2) is 54.9 Å². The minimum absolute atomic E-state index is 0. The maximum absolute atomic E-state index is 12.8. The standard InChI is InChI=1S/C20H20ClN3O3S.ClH/c1-13-10-17(24-18(13)19(25)14-5-7-16(21)8-6-14)11-20(2,28(22,26)27)15-4-3-9-23-12-15;/h3-10,12,24H,11H2,1-2H3,(H2,22,26,27);1H. The van der Waals surface area contributed by atoms with Crippen molar-refractivity contribution >= 4 is 39.8 Å². The summed E-state index contributed by atoms with van der Waals surface area (Å²) in [6.07, 6.45) is 3.13. The molecule has 29 heavy (non-hydrogen) atoms. The number of nitrogens with two attached hydrogens (primary N) is 1. The maximum atomic E-state index is 12.8. The summed E-state index contributed by atoms with van der Waals surface area (Å²) in [6, 6.07) is 11.7. The van der Waals surface area contributed by atoms with Gasteiger partial charge in [-0.1, -0.05) is 17.7 Å². The van der Waals surface area contributed by atoms with Crippen LogP contribution in [-0.2, 0) is 21.2 Å². The number of carbonyl (C=O) groups is 1. The molecule has 1 unspecified atom stereocenters. The molecule has 154 valence electrons. The number of halogens is 2. The number of rotatable bonds is 6. The van der Waals surface area contributed by atoms with Gasteiger partial charge in [0.1, 0.15) is 4.75 Å². The second-order valence-corrected chi connectivity index (χ2v) is 9.31. The maximum Gasteiger partial charge on any atom is 0.219 e. The lowest BCUT2D eigenvalue weighted by Gasteiger charge is -2.26. The van der Waals surface area contributed by atoms with Crippen molar-refractivity contribution in [1.82, 2.24) is 9.97 Å². The zero-order chi connectivity index (χ0) is 20.5. The first-order chi connectivity index (χ1) is 13.1. The van der Waals surface area contributed by atoms with E-state index in [2.05, 4.69) is 9.97 Å². The number of hydrogen-bond donors (Lipinski definition) is 2. The summed E-state index contributed by atoms with van der Waals surface area (Å²) < 4.78 is 23.4. The minimum Gasteiger partial charge on any atom is -0.355 e. The summed E-state index contributed by atoms with van der Waals surface area (Å²) in [5.74, 6) is -0.195. The first-order valence-electron chi connectivity index (χ1n) is 8.53. The van der Waals surface area contributed by atoms with Crippen LogP contribution in [0.3, 0.4) is 0 Å². The number of hydrogen-bond acceptors (Lipinski definition) is 4.